The molecule has 1 atom stereocenters. The molecule has 1 N–H and O–H groups in total. The number of aromatic nitrogens is 1. The third-order valence-corrected chi connectivity index (χ3v) is 10.1. The second-order valence-electron chi connectivity index (χ2n) is 11.9. The summed E-state index contributed by atoms with van der Waals surface area (Å²) >= 11 is 1.44. The van der Waals surface area contributed by atoms with Crippen LogP contribution in [-0.2, 0) is 21.4 Å². The minimum atomic E-state index is -0.861. The lowest BCUT2D eigenvalue weighted by Crippen LogP contribution is -2.53. The predicted octanol–water partition coefficient (Wildman–Crippen LogP) is 5.75. The number of nitrogens with zero attached hydrogens (tertiary/aromatic N) is 3. The molecule has 3 aromatic carbocycles. The molecule has 1 aliphatic heterocycles. The Hall–Kier alpha value is -4.03. The van der Waals surface area contributed by atoms with E-state index < -0.39 is 10.8 Å². The number of carbonyl (C=O) groups excluding carboxylic acids is 1. The molecule has 1 fully saturated rings. The Bertz CT molecular complexity index is 1640. The average Bonchev–Trinajstić information content (AvgIpc) is 3.48. The predicted molar refractivity (Wildman–Crippen MR) is 167 cm³/mol. The number of benzene rings is 3. The summed E-state index contributed by atoms with van der Waals surface area (Å²) in [7, 11) is 0. The van der Waals surface area contributed by atoms with E-state index in [1.165, 1.54) is 11.3 Å². The van der Waals surface area contributed by atoms with Gasteiger partial charge in [-0.15, -0.1) is 11.3 Å². The van der Waals surface area contributed by atoms with Crippen LogP contribution in [0.4, 0.5) is 5.13 Å². The van der Waals surface area contributed by atoms with Crippen molar-refractivity contribution in [2.45, 2.75) is 31.1 Å². The number of hydrogen-bond acceptors (Lipinski definition) is 7. The lowest BCUT2D eigenvalue weighted by atomic mass is 9.47. The van der Waals surface area contributed by atoms with Gasteiger partial charge in [0, 0.05) is 37.4 Å². The molecule has 8 rings (SSSR count). The van der Waals surface area contributed by atoms with Gasteiger partial charge in [-0.25, -0.2) is 4.98 Å². The maximum absolute atomic E-state index is 14.1. The van der Waals surface area contributed by atoms with Gasteiger partial charge in [0.1, 0.15) is 17.8 Å². The molecule has 2 heterocycles. The van der Waals surface area contributed by atoms with Gasteiger partial charge in [-0.05, 0) is 53.3 Å². The minimum absolute atomic E-state index is 0.0967. The highest BCUT2D eigenvalue weighted by Crippen LogP contribution is 2.63. The number of nitrogens with one attached hydrogen (secondary N) is 1. The number of carbonyl (C=O) groups is 1. The molecule has 1 aromatic heterocycles. The topological polar surface area (TPSA) is 87.5 Å². The van der Waals surface area contributed by atoms with Crippen molar-refractivity contribution in [1.82, 2.24) is 9.88 Å². The van der Waals surface area contributed by atoms with Crippen molar-refractivity contribution in [1.29, 1.82) is 5.26 Å². The third-order valence-electron chi connectivity index (χ3n) is 9.30. The number of thiazole rings is 1. The number of ether oxygens (including phenoxy) is 2. The van der Waals surface area contributed by atoms with Crippen molar-refractivity contribution in [2.24, 2.45) is 5.41 Å². The van der Waals surface area contributed by atoms with Crippen LogP contribution in [0.25, 0.3) is 0 Å². The van der Waals surface area contributed by atoms with E-state index in [1.807, 2.05) is 48.7 Å². The molecule has 218 valence electrons. The second kappa shape index (κ2) is 11.2. The van der Waals surface area contributed by atoms with Crippen LogP contribution >= 0.6 is 11.3 Å². The average molecular weight is 591 g/mol. The van der Waals surface area contributed by atoms with Crippen LogP contribution in [0.15, 0.2) is 78.2 Å². The summed E-state index contributed by atoms with van der Waals surface area (Å²) < 4.78 is 11.3. The zero-order chi connectivity index (χ0) is 29.4. The molecule has 3 aliphatic carbocycles. The number of hydrogen-bond donors (Lipinski definition) is 1. The zero-order valence-corrected chi connectivity index (χ0v) is 25.0. The first kappa shape index (κ1) is 27.8. The summed E-state index contributed by atoms with van der Waals surface area (Å²) in [6.45, 7) is 7.06. The molecule has 43 heavy (non-hydrogen) atoms. The third kappa shape index (κ3) is 4.92. The van der Waals surface area contributed by atoms with Crippen LogP contribution < -0.4 is 10.1 Å². The van der Waals surface area contributed by atoms with E-state index in [2.05, 4.69) is 52.7 Å². The molecule has 2 bridgehead atoms. The largest absolute Gasteiger partial charge is 0.492 e. The van der Waals surface area contributed by atoms with Gasteiger partial charge in [0.25, 0.3) is 0 Å². The number of nitriles is 1. The molecule has 0 saturated carbocycles. The van der Waals surface area contributed by atoms with Crippen LogP contribution in [0.2, 0.25) is 0 Å². The maximum atomic E-state index is 14.1. The smallest absolute Gasteiger partial charge is 0.233 e. The van der Waals surface area contributed by atoms with Crippen LogP contribution in [-0.4, -0.2) is 55.2 Å². The Kier molecular flexibility index (Phi) is 7.26. The molecular formula is C35H34N4O3S. The number of fused-ring (bicyclic) bond motifs is 1. The van der Waals surface area contributed by atoms with Crippen molar-refractivity contribution in [3.8, 4) is 11.8 Å². The van der Waals surface area contributed by atoms with E-state index in [1.54, 1.807) is 0 Å². The first-order valence-electron chi connectivity index (χ1n) is 14.9. The SMILES string of the molecule is CC1(C(=O)Nc2nc(Cc3ccc(OCCN4CCOCC4)cc3)cs2)CC2(C#N)c3ccccc3C1c1ccccc12. The fourth-order valence-electron chi connectivity index (χ4n) is 7.20. The van der Waals surface area contributed by atoms with E-state index in [0.717, 1.165) is 72.1 Å². The van der Waals surface area contributed by atoms with E-state index in [-0.39, 0.29) is 11.8 Å². The Morgan fingerprint density at radius 2 is 1.74 bits per heavy atom. The van der Waals surface area contributed by atoms with Crippen LogP contribution in [0.1, 0.15) is 52.8 Å². The van der Waals surface area contributed by atoms with Gasteiger partial charge in [-0.1, -0.05) is 60.7 Å². The van der Waals surface area contributed by atoms with Crippen molar-refractivity contribution in [3.63, 3.8) is 0 Å². The molecule has 8 heteroatoms. The van der Waals surface area contributed by atoms with E-state index in [9.17, 15) is 10.1 Å². The molecule has 1 amide bonds. The van der Waals surface area contributed by atoms with Crippen molar-refractivity contribution < 1.29 is 14.3 Å². The summed E-state index contributed by atoms with van der Waals surface area (Å²) in [6, 6.07) is 27.0. The van der Waals surface area contributed by atoms with E-state index in [0.29, 0.717) is 24.6 Å². The standard InChI is InChI=1S/C35H34N4O3S/c1-34(22-35(23-36)29-8-4-2-6-27(29)31(34)28-7-3-5-9-30(28)35)32(40)38-33-37-25(21-43-33)20-24-10-12-26(13-11-24)42-19-16-39-14-17-41-18-15-39/h2-13,21,31H,14-20,22H2,1H3,(H,37,38,40). The summed E-state index contributed by atoms with van der Waals surface area (Å²) in [4.78, 5) is 21.2. The van der Waals surface area contributed by atoms with E-state index in [4.69, 9.17) is 14.5 Å². The van der Waals surface area contributed by atoms with Crippen molar-refractivity contribution >= 4 is 22.4 Å². The van der Waals surface area contributed by atoms with Crippen LogP contribution in [0.5, 0.6) is 5.75 Å². The van der Waals surface area contributed by atoms with Gasteiger partial charge < -0.3 is 14.8 Å². The zero-order valence-electron chi connectivity index (χ0n) is 24.2. The Morgan fingerprint density at radius 3 is 2.42 bits per heavy atom. The minimum Gasteiger partial charge on any atom is -0.492 e. The molecule has 4 aliphatic rings. The number of amides is 1. The van der Waals surface area contributed by atoms with Gasteiger partial charge in [0.2, 0.25) is 5.91 Å². The summed E-state index contributed by atoms with van der Waals surface area (Å²) in [5.74, 6) is 0.626. The number of rotatable bonds is 8. The second-order valence-corrected chi connectivity index (χ2v) is 12.8. The van der Waals surface area contributed by atoms with Gasteiger partial charge in [0.15, 0.2) is 5.13 Å². The lowest BCUT2D eigenvalue weighted by molar-refractivity contribution is -0.127. The van der Waals surface area contributed by atoms with Crippen LogP contribution in [0.3, 0.4) is 0 Å². The van der Waals surface area contributed by atoms with E-state index >= 15 is 0 Å². The maximum Gasteiger partial charge on any atom is 0.233 e. The highest BCUT2D eigenvalue weighted by atomic mass is 32.1. The highest BCUT2D eigenvalue weighted by Gasteiger charge is 2.61. The number of morpholine rings is 1. The molecule has 0 spiro atoms. The fraction of sp³-hybridized carbons (Fsp3) is 0.343. The summed E-state index contributed by atoms with van der Waals surface area (Å²) in [5, 5.41) is 16.3. The Balaban J connectivity index is 1.03. The lowest BCUT2D eigenvalue weighted by Gasteiger charge is -2.54. The Morgan fingerprint density at radius 1 is 1.07 bits per heavy atom. The van der Waals surface area contributed by atoms with Gasteiger partial charge >= 0.3 is 0 Å². The van der Waals surface area contributed by atoms with Crippen molar-refractivity contribution in [3.05, 3.63) is 112 Å². The normalized spacial score (nSPS) is 24.0. The fourth-order valence-corrected chi connectivity index (χ4v) is 7.91. The quantitative estimate of drug-likeness (QED) is 0.281. The molecule has 0 radical (unpaired) electrons. The first-order chi connectivity index (χ1) is 21.0. The van der Waals surface area contributed by atoms with Crippen LogP contribution in [0, 0.1) is 16.7 Å². The van der Waals surface area contributed by atoms with Crippen molar-refractivity contribution in [2.75, 3.05) is 44.8 Å². The van der Waals surface area contributed by atoms with Gasteiger partial charge in [0.05, 0.1) is 30.4 Å². The molecule has 1 saturated heterocycles. The molecule has 1 unspecified atom stereocenters. The summed E-state index contributed by atoms with van der Waals surface area (Å²) in [6.07, 6.45) is 1.10. The monoisotopic (exact) mass is 590 g/mol. The molecule has 7 nitrogen and oxygen atoms in total. The first-order valence-corrected chi connectivity index (χ1v) is 15.8. The van der Waals surface area contributed by atoms with Gasteiger partial charge in [-0.2, -0.15) is 5.26 Å². The summed E-state index contributed by atoms with van der Waals surface area (Å²) in [5.41, 5.74) is 4.56. The van der Waals surface area contributed by atoms with Gasteiger partial charge in [-0.3, -0.25) is 9.69 Å². The number of anilines is 1. The highest BCUT2D eigenvalue weighted by molar-refractivity contribution is 7.13. The Labute approximate surface area is 256 Å². The molecule has 4 aromatic rings. The molecular weight excluding hydrogens is 556 g/mol.